The highest BCUT2D eigenvalue weighted by atomic mass is 79.9. The molecule has 0 aliphatic rings. The molecule has 104 valence electrons. The van der Waals surface area contributed by atoms with E-state index in [0.29, 0.717) is 0 Å². The fraction of sp³-hybridized carbons (Fsp3) is 0.267. The van der Waals surface area contributed by atoms with Crippen molar-refractivity contribution in [2.75, 3.05) is 7.05 Å². The standard InChI is InChI=1S/C15H16BrN3S/c1-10-7-11(16)3-4-13(10)14(17-2)8-12-9-19-5-6-20-15(19)18-12/h3-7,9,14,17H,8H2,1-2H3. The SMILES string of the molecule is CNC(Cc1cn2ccsc2n1)c1ccc(Br)cc1C. The average Bonchev–Trinajstić information content (AvgIpc) is 2.97. The Balaban J connectivity index is 1.88. The van der Waals surface area contributed by atoms with Crippen LogP contribution in [0, 0.1) is 6.92 Å². The molecule has 0 fully saturated rings. The Morgan fingerprint density at radius 2 is 2.30 bits per heavy atom. The monoisotopic (exact) mass is 349 g/mol. The van der Waals surface area contributed by atoms with E-state index in [9.17, 15) is 0 Å². The maximum atomic E-state index is 4.67. The topological polar surface area (TPSA) is 29.3 Å². The van der Waals surface area contributed by atoms with E-state index >= 15 is 0 Å². The molecule has 1 unspecified atom stereocenters. The van der Waals surface area contributed by atoms with Gasteiger partial charge in [0.2, 0.25) is 0 Å². The number of rotatable bonds is 4. The van der Waals surface area contributed by atoms with Crippen LogP contribution in [0.5, 0.6) is 0 Å². The number of fused-ring (bicyclic) bond motifs is 1. The van der Waals surface area contributed by atoms with Crippen molar-refractivity contribution in [2.45, 2.75) is 19.4 Å². The summed E-state index contributed by atoms with van der Waals surface area (Å²) in [6.07, 6.45) is 5.06. The molecule has 1 atom stereocenters. The molecule has 3 rings (SSSR count). The molecule has 3 aromatic rings. The number of imidazole rings is 1. The molecule has 3 nitrogen and oxygen atoms in total. The zero-order valence-electron chi connectivity index (χ0n) is 11.4. The lowest BCUT2D eigenvalue weighted by atomic mass is 9.98. The van der Waals surface area contributed by atoms with Crippen LogP contribution >= 0.6 is 27.3 Å². The number of nitrogens with zero attached hydrogens (tertiary/aromatic N) is 2. The van der Waals surface area contributed by atoms with Crippen LogP contribution in [-0.4, -0.2) is 16.4 Å². The quantitative estimate of drug-likeness (QED) is 0.772. The highest BCUT2D eigenvalue weighted by Gasteiger charge is 2.15. The third kappa shape index (κ3) is 2.66. The van der Waals surface area contributed by atoms with Gasteiger partial charge in [-0.05, 0) is 37.2 Å². The van der Waals surface area contributed by atoms with Crippen LogP contribution in [0.3, 0.4) is 0 Å². The molecule has 1 aromatic carbocycles. The van der Waals surface area contributed by atoms with Gasteiger partial charge in [-0.25, -0.2) is 4.98 Å². The van der Waals surface area contributed by atoms with Crippen LogP contribution in [0.25, 0.3) is 4.96 Å². The second kappa shape index (κ2) is 5.68. The minimum atomic E-state index is 0.285. The fourth-order valence-electron chi connectivity index (χ4n) is 2.48. The molecule has 0 saturated heterocycles. The number of halogens is 1. The van der Waals surface area contributed by atoms with Gasteiger partial charge in [-0.3, -0.25) is 4.40 Å². The number of hydrogen-bond acceptors (Lipinski definition) is 3. The Morgan fingerprint density at radius 1 is 1.45 bits per heavy atom. The summed E-state index contributed by atoms with van der Waals surface area (Å²) in [5, 5.41) is 5.46. The summed E-state index contributed by atoms with van der Waals surface area (Å²) < 4.78 is 3.21. The zero-order chi connectivity index (χ0) is 14.1. The van der Waals surface area contributed by atoms with E-state index in [1.165, 1.54) is 11.1 Å². The van der Waals surface area contributed by atoms with Crippen LogP contribution in [-0.2, 0) is 6.42 Å². The molecule has 2 heterocycles. The van der Waals surface area contributed by atoms with Gasteiger partial charge < -0.3 is 5.32 Å². The van der Waals surface area contributed by atoms with Gasteiger partial charge >= 0.3 is 0 Å². The summed E-state index contributed by atoms with van der Waals surface area (Å²) in [6, 6.07) is 6.72. The third-order valence-electron chi connectivity index (χ3n) is 3.51. The first-order valence-corrected chi connectivity index (χ1v) is 8.19. The first-order valence-electron chi connectivity index (χ1n) is 6.52. The molecule has 0 spiro atoms. The van der Waals surface area contributed by atoms with E-state index in [0.717, 1.165) is 21.5 Å². The second-order valence-corrected chi connectivity index (χ2v) is 6.66. The lowest BCUT2D eigenvalue weighted by Crippen LogP contribution is -2.20. The van der Waals surface area contributed by atoms with Crippen molar-refractivity contribution >= 4 is 32.2 Å². The number of nitrogens with one attached hydrogen (secondary N) is 1. The normalized spacial score (nSPS) is 12.9. The Labute approximate surface area is 130 Å². The Kier molecular flexibility index (Phi) is 3.92. The molecule has 20 heavy (non-hydrogen) atoms. The van der Waals surface area contributed by atoms with Gasteiger partial charge in [0.1, 0.15) is 0 Å². The van der Waals surface area contributed by atoms with Gasteiger partial charge in [0.25, 0.3) is 0 Å². The van der Waals surface area contributed by atoms with Gasteiger partial charge in [0.05, 0.1) is 5.69 Å². The molecular weight excluding hydrogens is 334 g/mol. The molecule has 0 aliphatic carbocycles. The third-order valence-corrected chi connectivity index (χ3v) is 4.78. The summed E-state index contributed by atoms with van der Waals surface area (Å²) in [6.45, 7) is 2.15. The lowest BCUT2D eigenvalue weighted by Gasteiger charge is -2.18. The van der Waals surface area contributed by atoms with E-state index in [2.05, 4.69) is 73.5 Å². The second-order valence-electron chi connectivity index (χ2n) is 4.87. The van der Waals surface area contributed by atoms with Gasteiger partial charge in [0, 0.05) is 34.7 Å². The summed E-state index contributed by atoms with van der Waals surface area (Å²) in [4.78, 5) is 5.72. The first kappa shape index (κ1) is 13.8. The van der Waals surface area contributed by atoms with E-state index in [-0.39, 0.29) is 6.04 Å². The summed E-state index contributed by atoms with van der Waals surface area (Å²) in [5.41, 5.74) is 3.74. The van der Waals surface area contributed by atoms with Gasteiger partial charge in [0.15, 0.2) is 4.96 Å². The van der Waals surface area contributed by atoms with Crippen molar-refractivity contribution in [3.05, 3.63) is 57.3 Å². The van der Waals surface area contributed by atoms with Crippen LogP contribution < -0.4 is 5.32 Å². The number of benzene rings is 1. The highest BCUT2D eigenvalue weighted by Crippen LogP contribution is 2.24. The Morgan fingerprint density at radius 3 is 3.00 bits per heavy atom. The molecule has 2 aromatic heterocycles. The van der Waals surface area contributed by atoms with Gasteiger partial charge in [-0.15, -0.1) is 11.3 Å². The van der Waals surface area contributed by atoms with Crippen molar-refractivity contribution in [1.29, 1.82) is 0 Å². The van der Waals surface area contributed by atoms with Crippen LogP contribution in [0.15, 0.2) is 40.4 Å². The van der Waals surface area contributed by atoms with Crippen molar-refractivity contribution in [3.8, 4) is 0 Å². The fourth-order valence-corrected chi connectivity index (χ4v) is 3.68. The molecule has 0 radical (unpaired) electrons. The molecule has 0 saturated carbocycles. The molecule has 0 bridgehead atoms. The van der Waals surface area contributed by atoms with Crippen molar-refractivity contribution in [1.82, 2.24) is 14.7 Å². The predicted octanol–water partition coefficient (Wildman–Crippen LogP) is 3.97. The maximum Gasteiger partial charge on any atom is 0.193 e. The molecule has 0 aliphatic heterocycles. The number of likely N-dealkylation sites (N-methyl/N-ethyl adjacent to an activating group) is 1. The summed E-state index contributed by atoms with van der Waals surface area (Å²) >= 11 is 5.19. The minimum absolute atomic E-state index is 0.285. The number of aryl methyl sites for hydroxylation is 1. The van der Waals surface area contributed by atoms with Gasteiger partial charge in [-0.1, -0.05) is 22.0 Å². The van der Waals surface area contributed by atoms with Gasteiger partial charge in [-0.2, -0.15) is 0 Å². The Bertz CT molecular complexity index is 703. The van der Waals surface area contributed by atoms with Crippen molar-refractivity contribution < 1.29 is 0 Å². The highest BCUT2D eigenvalue weighted by molar-refractivity contribution is 9.10. The van der Waals surface area contributed by atoms with E-state index in [1.54, 1.807) is 11.3 Å². The average molecular weight is 350 g/mol. The summed E-state index contributed by atoms with van der Waals surface area (Å²) in [5.74, 6) is 0. The smallest absolute Gasteiger partial charge is 0.193 e. The number of thiazole rings is 1. The molecular formula is C15H16BrN3S. The lowest BCUT2D eigenvalue weighted by molar-refractivity contribution is 0.583. The summed E-state index contributed by atoms with van der Waals surface area (Å²) in [7, 11) is 2.00. The van der Waals surface area contributed by atoms with Crippen LogP contribution in [0.1, 0.15) is 22.9 Å². The van der Waals surface area contributed by atoms with E-state index in [4.69, 9.17) is 0 Å². The van der Waals surface area contributed by atoms with Crippen LogP contribution in [0.4, 0.5) is 0 Å². The van der Waals surface area contributed by atoms with Crippen LogP contribution in [0.2, 0.25) is 0 Å². The maximum absolute atomic E-state index is 4.67. The largest absolute Gasteiger partial charge is 0.313 e. The molecule has 5 heteroatoms. The number of hydrogen-bond donors (Lipinski definition) is 1. The Hall–Kier alpha value is -1.17. The van der Waals surface area contributed by atoms with E-state index < -0.39 is 0 Å². The van der Waals surface area contributed by atoms with E-state index in [1.807, 2.05) is 7.05 Å². The molecule has 0 amide bonds. The molecule has 1 N–H and O–H groups in total. The number of aromatic nitrogens is 2. The zero-order valence-corrected chi connectivity index (χ0v) is 13.8. The first-order chi connectivity index (χ1) is 9.67. The predicted molar refractivity (Wildman–Crippen MR) is 87.5 cm³/mol. The minimum Gasteiger partial charge on any atom is -0.313 e. The van der Waals surface area contributed by atoms with Crippen molar-refractivity contribution in [2.24, 2.45) is 0 Å². The van der Waals surface area contributed by atoms with Crippen molar-refractivity contribution in [3.63, 3.8) is 0 Å².